The Bertz CT molecular complexity index is 596. The number of aldehydes is 1. The average molecular weight is 309 g/mol. The Morgan fingerprint density at radius 3 is 2.67 bits per heavy atom. The first-order chi connectivity index (χ1) is 8.60. The van der Waals surface area contributed by atoms with E-state index in [0.29, 0.717) is 22.6 Å². The molecule has 4 heteroatoms. The van der Waals surface area contributed by atoms with Gasteiger partial charge in [-0.25, -0.2) is 4.39 Å². The molecule has 0 aliphatic carbocycles. The summed E-state index contributed by atoms with van der Waals surface area (Å²) in [7, 11) is 0. The standard InChI is InChI=1S/C14H10BrFO2/c1-9-6-12(3-4-13(9)16)18-14-5-2-11(15)7-10(14)8-17/h2-8H,1H3. The first-order valence-electron chi connectivity index (χ1n) is 5.29. The van der Waals surface area contributed by atoms with Gasteiger partial charge in [-0.1, -0.05) is 15.9 Å². The van der Waals surface area contributed by atoms with Crippen molar-refractivity contribution in [3.63, 3.8) is 0 Å². The molecule has 0 saturated heterocycles. The Balaban J connectivity index is 2.33. The molecule has 2 rings (SSSR count). The molecule has 2 aromatic carbocycles. The lowest BCUT2D eigenvalue weighted by Crippen LogP contribution is -1.91. The number of halogens is 2. The van der Waals surface area contributed by atoms with Gasteiger partial charge >= 0.3 is 0 Å². The summed E-state index contributed by atoms with van der Waals surface area (Å²) < 4.78 is 19.5. The predicted molar refractivity (Wildman–Crippen MR) is 70.7 cm³/mol. The van der Waals surface area contributed by atoms with E-state index in [1.54, 1.807) is 31.2 Å². The van der Waals surface area contributed by atoms with Crippen LogP contribution < -0.4 is 4.74 Å². The Kier molecular flexibility index (Phi) is 3.77. The lowest BCUT2D eigenvalue weighted by Gasteiger charge is -2.09. The van der Waals surface area contributed by atoms with E-state index in [-0.39, 0.29) is 5.82 Å². The van der Waals surface area contributed by atoms with E-state index in [2.05, 4.69) is 15.9 Å². The van der Waals surface area contributed by atoms with Crippen LogP contribution in [0.5, 0.6) is 11.5 Å². The van der Waals surface area contributed by atoms with Crippen LogP contribution in [0.4, 0.5) is 4.39 Å². The topological polar surface area (TPSA) is 26.3 Å². The molecule has 0 aliphatic heterocycles. The molecule has 0 aliphatic rings. The van der Waals surface area contributed by atoms with Crippen molar-refractivity contribution in [3.8, 4) is 11.5 Å². The molecule has 0 bridgehead atoms. The van der Waals surface area contributed by atoms with E-state index in [0.717, 1.165) is 10.8 Å². The van der Waals surface area contributed by atoms with Crippen LogP contribution in [-0.2, 0) is 0 Å². The van der Waals surface area contributed by atoms with Gasteiger partial charge in [0.15, 0.2) is 6.29 Å². The molecular weight excluding hydrogens is 299 g/mol. The molecule has 0 amide bonds. The Morgan fingerprint density at radius 2 is 2.00 bits per heavy atom. The van der Waals surface area contributed by atoms with Crippen molar-refractivity contribution in [2.75, 3.05) is 0 Å². The number of hydrogen-bond acceptors (Lipinski definition) is 2. The zero-order valence-corrected chi connectivity index (χ0v) is 11.2. The van der Waals surface area contributed by atoms with Gasteiger partial charge in [-0.15, -0.1) is 0 Å². The summed E-state index contributed by atoms with van der Waals surface area (Å²) in [5.41, 5.74) is 0.934. The number of rotatable bonds is 3. The van der Waals surface area contributed by atoms with Crippen molar-refractivity contribution in [3.05, 3.63) is 57.8 Å². The highest BCUT2D eigenvalue weighted by Gasteiger charge is 2.06. The smallest absolute Gasteiger partial charge is 0.153 e. The fourth-order valence-electron chi connectivity index (χ4n) is 1.51. The minimum Gasteiger partial charge on any atom is -0.457 e. The SMILES string of the molecule is Cc1cc(Oc2ccc(Br)cc2C=O)ccc1F. The molecule has 0 saturated carbocycles. The molecular formula is C14H10BrFO2. The fraction of sp³-hybridized carbons (Fsp3) is 0.0714. The Morgan fingerprint density at radius 1 is 1.22 bits per heavy atom. The van der Waals surface area contributed by atoms with Crippen molar-refractivity contribution >= 4 is 22.2 Å². The molecule has 2 aromatic rings. The number of benzene rings is 2. The van der Waals surface area contributed by atoms with Crippen LogP contribution >= 0.6 is 15.9 Å². The van der Waals surface area contributed by atoms with E-state index < -0.39 is 0 Å². The maximum Gasteiger partial charge on any atom is 0.153 e. The molecule has 0 atom stereocenters. The van der Waals surface area contributed by atoms with E-state index in [9.17, 15) is 9.18 Å². The second kappa shape index (κ2) is 5.31. The number of carbonyl (C=O) groups is 1. The van der Waals surface area contributed by atoms with Crippen molar-refractivity contribution in [2.24, 2.45) is 0 Å². The minimum absolute atomic E-state index is 0.284. The lowest BCUT2D eigenvalue weighted by atomic mass is 10.2. The maximum atomic E-state index is 13.1. The molecule has 0 spiro atoms. The largest absolute Gasteiger partial charge is 0.457 e. The average Bonchev–Trinajstić information content (AvgIpc) is 2.36. The molecule has 2 nitrogen and oxygen atoms in total. The molecule has 0 fully saturated rings. The first-order valence-corrected chi connectivity index (χ1v) is 6.08. The maximum absolute atomic E-state index is 13.1. The molecule has 0 N–H and O–H groups in total. The minimum atomic E-state index is -0.284. The van der Waals surface area contributed by atoms with Crippen molar-refractivity contribution in [1.82, 2.24) is 0 Å². The highest BCUT2D eigenvalue weighted by atomic mass is 79.9. The molecule has 0 heterocycles. The van der Waals surface area contributed by atoms with Crippen LogP contribution in [0.3, 0.4) is 0 Å². The summed E-state index contributed by atoms with van der Waals surface area (Å²) in [5, 5.41) is 0. The highest BCUT2D eigenvalue weighted by molar-refractivity contribution is 9.10. The van der Waals surface area contributed by atoms with Gasteiger partial charge in [0.25, 0.3) is 0 Å². The van der Waals surface area contributed by atoms with Crippen LogP contribution in [0.1, 0.15) is 15.9 Å². The van der Waals surface area contributed by atoms with Gasteiger partial charge in [-0.3, -0.25) is 4.79 Å². The van der Waals surface area contributed by atoms with Crippen molar-refractivity contribution in [2.45, 2.75) is 6.92 Å². The number of ether oxygens (including phenoxy) is 1. The highest BCUT2D eigenvalue weighted by Crippen LogP contribution is 2.28. The summed E-state index contributed by atoms with van der Waals surface area (Å²) in [6.07, 6.45) is 0.719. The van der Waals surface area contributed by atoms with E-state index in [1.165, 1.54) is 12.1 Å². The third-order valence-electron chi connectivity index (χ3n) is 2.46. The molecule has 0 aromatic heterocycles. The summed E-state index contributed by atoms with van der Waals surface area (Å²) in [5.74, 6) is 0.660. The van der Waals surface area contributed by atoms with Gasteiger partial charge in [0.1, 0.15) is 17.3 Å². The van der Waals surface area contributed by atoms with Crippen LogP contribution in [0.2, 0.25) is 0 Å². The van der Waals surface area contributed by atoms with Gasteiger partial charge in [0, 0.05) is 4.47 Å². The molecule has 18 heavy (non-hydrogen) atoms. The quantitative estimate of drug-likeness (QED) is 0.780. The van der Waals surface area contributed by atoms with Crippen LogP contribution in [0.25, 0.3) is 0 Å². The van der Waals surface area contributed by atoms with Gasteiger partial charge in [0.05, 0.1) is 5.56 Å². The zero-order valence-electron chi connectivity index (χ0n) is 9.61. The van der Waals surface area contributed by atoms with Crippen LogP contribution in [0, 0.1) is 12.7 Å². The molecule has 0 unspecified atom stereocenters. The van der Waals surface area contributed by atoms with Crippen LogP contribution in [0.15, 0.2) is 40.9 Å². The third-order valence-corrected chi connectivity index (χ3v) is 2.95. The summed E-state index contributed by atoms with van der Waals surface area (Å²) in [4.78, 5) is 10.9. The monoisotopic (exact) mass is 308 g/mol. The zero-order chi connectivity index (χ0) is 13.1. The van der Waals surface area contributed by atoms with Crippen molar-refractivity contribution < 1.29 is 13.9 Å². The second-order valence-electron chi connectivity index (χ2n) is 3.81. The number of carbonyl (C=O) groups excluding carboxylic acids is 1. The van der Waals surface area contributed by atoms with E-state index in [1.807, 2.05) is 0 Å². The van der Waals surface area contributed by atoms with Gasteiger partial charge in [-0.05, 0) is 48.9 Å². The summed E-state index contributed by atoms with van der Waals surface area (Å²) >= 11 is 3.28. The Hall–Kier alpha value is -1.68. The van der Waals surface area contributed by atoms with Crippen LogP contribution in [-0.4, -0.2) is 6.29 Å². The predicted octanol–water partition coefficient (Wildman–Crippen LogP) is 4.50. The number of hydrogen-bond donors (Lipinski definition) is 0. The number of aryl methyl sites for hydroxylation is 1. The molecule has 0 radical (unpaired) electrons. The molecule has 92 valence electrons. The second-order valence-corrected chi connectivity index (χ2v) is 4.73. The summed E-state index contributed by atoms with van der Waals surface area (Å²) in [6.45, 7) is 1.66. The van der Waals surface area contributed by atoms with E-state index >= 15 is 0 Å². The fourth-order valence-corrected chi connectivity index (χ4v) is 1.89. The Labute approximate surface area is 113 Å². The summed E-state index contributed by atoms with van der Waals surface area (Å²) in [6, 6.07) is 9.58. The van der Waals surface area contributed by atoms with E-state index in [4.69, 9.17) is 4.74 Å². The lowest BCUT2D eigenvalue weighted by molar-refractivity contribution is 0.112. The first kappa shape index (κ1) is 12.8. The third kappa shape index (κ3) is 2.76. The van der Waals surface area contributed by atoms with Gasteiger partial charge < -0.3 is 4.74 Å². The van der Waals surface area contributed by atoms with Gasteiger partial charge in [0.2, 0.25) is 0 Å². The van der Waals surface area contributed by atoms with Gasteiger partial charge in [-0.2, -0.15) is 0 Å². The normalized spacial score (nSPS) is 10.2. The van der Waals surface area contributed by atoms with Crippen molar-refractivity contribution in [1.29, 1.82) is 0 Å².